The largest absolute Gasteiger partial charge is 0.497 e. The highest BCUT2D eigenvalue weighted by Crippen LogP contribution is 2.32. The number of methoxy groups -OCH3 is 1. The SMILES string of the molecule is COc1ccc2cc(Cc3sccc3OC3OC(CN)C(F)C(O)C3O)ccc2c1. The summed E-state index contributed by atoms with van der Waals surface area (Å²) in [5.41, 5.74) is 6.60. The first kappa shape index (κ1) is 21.0. The Hall–Kier alpha value is -2.23. The summed E-state index contributed by atoms with van der Waals surface area (Å²) in [5, 5.41) is 24.2. The number of thiophene rings is 1. The first-order chi connectivity index (χ1) is 14.5. The highest BCUT2D eigenvalue weighted by molar-refractivity contribution is 7.10. The molecule has 0 saturated carbocycles. The number of ether oxygens (including phenoxy) is 3. The standard InChI is InChI=1S/C22H24FNO5S/c1-27-15-5-4-13-8-12(2-3-14(13)10-15)9-18-16(6-7-30-18)28-22-21(26)20(25)19(23)17(11-24)29-22/h2-8,10,17,19-22,25-26H,9,11,24H2,1H3. The summed E-state index contributed by atoms with van der Waals surface area (Å²) in [7, 11) is 1.64. The maximum atomic E-state index is 14.0. The van der Waals surface area contributed by atoms with Crippen molar-refractivity contribution in [2.45, 2.75) is 37.2 Å². The molecule has 1 fully saturated rings. The molecule has 4 rings (SSSR count). The van der Waals surface area contributed by atoms with E-state index in [0.717, 1.165) is 27.0 Å². The van der Waals surface area contributed by atoms with Gasteiger partial charge in [-0.3, -0.25) is 0 Å². The van der Waals surface area contributed by atoms with Crippen LogP contribution in [0.25, 0.3) is 10.8 Å². The van der Waals surface area contributed by atoms with E-state index in [4.69, 9.17) is 19.9 Å². The molecule has 0 bridgehead atoms. The summed E-state index contributed by atoms with van der Waals surface area (Å²) in [6.07, 6.45) is -6.50. The topological polar surface area (TPSA) is 94.2 Å². The number of rotatable bonds is 6. The molecule has 0 radical (unpaired) electrons. The normalized spacial score (nSPS) is 26.6. The van der Waals surface area contributed by atoms with E-state index >= 15 is 0 Å². The van der Waals surface area contributed by atoms with E-state index in [0.29, 0.717) is 12.2 Å². The van der Waals surface area contributed by atoms with Crippen LogP contribution in [0.5, 0.6) is 11.5 Å². The highest BCUT2D eigenvalue weighted by atomic mass is 32.1. The highest BCUT2D eigenvalue weighted by Gasteiger charge is 2.45. The van der Waals surface area contributed by atoms with Gasteiger partial charge in [0.05, 0.1) is 12.0 Å². The quantitative estimate of drug-likeness (QED) is 0.553. The van der Waals surface area contributed by atoms with Crippen LogP contribution in [0.1, 0.15) is 10.4 Å². The molecule has 1 aliphatic heterocycles. The number of fused-ring (bicyclic) bond motifs is 1. The van der Waals surface area contributed by atoms with Gasteiger partial charge in [-0.25, -0.2) is 4.39 Å². The van der Waals surface area contributed by atoms with E-state index in [2.05, 4.69) is 6.07 Å². The van der Waals surface area contributed by atoms with E-state index in [9.17, 15) is 14.6 Å². The zero-order valence-corrected chi connectivity index (χ0v) is 17.2. The van der Waals surface area contributed by atoms with E-state index < -0.39 is 30.8 Å². The fourth-order valence-corrected chi connectivity index (χ4v) is 4.40. The van der Waals surface area contributed by atoms with Crippen molar-refractivity contribution in [3.8, 4) is 11.5 Å². The monoisotopic (exact) mass is 433 g/mol. The Morgan fingerprint density at radius 3 is 2.63 bits per heavy atom. The first-order valence-corrected chi connectivity index (χ1v) is 10.5. The van der Waals surface area contributed by atoms with Gasteiger partial charge in [0.25, 0.3) is 0 Å². The van der Waals surface area contributed by atoms with Crippen LogP contribution < -0.4 is 15.2 Å². The number of hydrogen-bond acceptors (Lipinski definition) is 7. The summed E-state index contributed by atoms with van der Waals surface area (Å²) in [6.45, 7) is -0.122. The summed E-state index contributed by atoms with van der Waals surface area (Å²) in [6, 6.07) is 13.9. The lowest BCUT2D eigenvalue weighted by atomic mass is 10.0. The molecule has 160 valence electrons. The Bertz CT molecular complexity index is 1010. The molecule has 0 spiro atoms. The van der Waals surface area contributed by atoms with Gasteiger partial charge >= 0.3 is 0 Å². The zero-order chi connectivity index (χ0) is 21.3. The van der Waals surface area contributed by atoms with Crippen molar-refractivity contribution >= 4 is 22.1 Å². The van der Waals surface area contributed by atoms with Gasteiger partial charge in [0.2, 0.25) is 6.29 Å². The van der Waals surface area contributed by atoms with Gasteiger partial charge in [0, 0.05) is 13.0 Å². The number of nitrogens with two attached hydrogens (primary N) is 1. The second-order valence-corrected chi connectivity index (χ2v) is 8.25. The Morgan fingerprint density at radius 2 is 1.87 bits per heavy atom. The van der Waals surface area contributed by atoms with Crippen LogP contribution in [0, 0.1) is 0 Å². The van der Waals surface area contributed by atoms with Gasteiger partial charge in [0.1, 0.15) is 29.8 Å². The number of benzene rings is 2. The average molecular weight is 434 g/mol. The van der Waals surface area contributed by atoms with Gasteiger partial charge in [-0.2, -0.15) is 0 Å². The molecule has 0 aliphatic carbocycles. The van der Waals surface area contributed by atoms with E-state index in [1.54, 1.807) is 13.2 Å². The molecule has 30 heavy (non-hydrogen) atoms. The summed E-state index contributed by atoms with van der Waals surface area (Å²) in [5.74, 6) is 1.34. The minimum atomic E-state index is -1.76. The van der Waals surface area contributed by atoms with Gasteiger partial charge in [-0.1, -0.05) is 24.3 Å². The molecular formula is C22H24FNO5S. The predicted octanol–water partition coefficient (Wildman–Crippen LogP) is 2.62. The molecule has 5 unspecified atom stereocenters. The lowest BCUT2D eigenvalue weighted by molar-refractivity contribution is -0.257. The fraction of sp³-hybridized carbons (Fsp3) is 0.364. The molecule has 1 aromatic heterocycles. The fourth-order valence-electron chi connectivity index (χ4n) is 3.56. The van der Waals surface area contributed by atoms with Crippen LogP contribution in [0.4, 0.5) is 4.39 Å². The third-order valence-corrected chi connectivity index (χ3v) is 6.18. The van der Waals surface area contributed by atoms with Crippen molar-refractivity contribution in [1.82, 2.24) is 0 Å². The maximum absolute atomic E-state index is 14.0. The van der Waals surface area contributed by atoms with Crippen molar-refractivity contribution in [2.24, 2.45) is 5.73 Å². The molecule has 1 aliphatic rings. The molecule has 1 saturated heterocycles. The molecule has 0 amide bonds. The molecule has 5 atom stereocenters. The Labute approximate surface area is 177 Å². The number of halogens is 1. The van der Waals surface area contributed by atoms with Crippen LogP contribution in [-0.4, -0.2) is 54.6 Å². The second-order valence-electron chi connectivity index (χ2n) is 7.25. The van der Waals surface area contributed by atoms with Gasteiger partial charge < -0.3 is 30.2 Å². The minimum absolute atomic E-state index is 0.122. The van der Waals surface area contributed by atoms with Crippen molar-refractivity contribution < 1.29 is 28.8 Å². The third-order valence-electron chi connectivity index (χ3n) is 5.28. The lowest BCUT2D eigenvalue weighted by Gasteiger charge is -2.38. The van der Waals surface area contributed by atoms with E-state index in [1.807, 2.05) is 35.7 Å². The number of hydrogen-bond donors (Lipinski definition) is 3. The minimum Gasteiger partial charge on any atom is -0.497 e. The van der Waals surface area contributed by atoms with Crippen molar-refractivity contribution in [3.05, 3.63) is 58.3 Å². The average Bonchev–Trinajstić information content (AvgIpc) is 3.20. The molecule has 2 heterocycles. The molecule has 4 N–H and O–H groups in total. The molecule has 2 aromatic carbocycles. The van der Waals surface area contributed by atoms with E-state index in [1.165, 1.54) is 11.3 Å². The lowest BCUT2D eigenvalue weighted by Crippen LogP contribution is -2.59. The van der Waals surface area contributed by atoms with Crippen LogP contribution in [0.15, 0.2) is 47.8 Å². The van der Waals surface area contributed by atoms with E-state index in [-0.39, 0.29) is 6.54 Å². The van der Waals surface area contributed by atoms with Gasteiger partial charge in [0.15, 0.2) is 6.17 Å². The molecule has 8 heteroatoms. The Kier molecular flexibility index (Phi) is 6.21. The van der Waals surface area contributed by atoms with Crippen LogP contribution >= 0.6 is 11.3 Å². The second kappa shape index (κ2) is 8.87. The van der Waals surface area contributed by atoms with Gasteiger partial charge in [-0.05, 0) is 39.9 Å². The summed E-state index contributed by atoms with van der Waals surface area (Å²) < 4.78 is 30.5. The molecular weight excluding hydrogens is 409 g/mol. The van der Waals surface area contributed by atoms with Crippen molar-refractivity contribution in [1.29, 1.82) is 0 Å². The molecule has 3 aromatic rings. The number of alkyl halides is 1. The summed E-state index contributed by atoms with van der Waals surface area (Å²) >= 11 is 1.51. The maximum Gasteiger partial charge on any atom is 0.229 e. The van der Waals surface area contributed by atoms with Crippen LogP contribution in [0.3, 0.4) is 0 Å². The third kappa shape index (κ3) is 4.14. The molecule has 6 nitrogen and oxygen atoms in total. The number of aliphatic hydroxyl groups is 2. The van der Waals surface area contributed by atoms with Crippen LogP contribution in [-0.2, 0) is 11.2 Å². The van der Waals surface area contributed by atoms with Crippen molar-refractivity contribution in [2.75, 3.05) is 13.7 Å². The Morgan fingerprint density at radius 1 is 1.10 bits per heavy atom. The number of aliphatic hydroxyl groups excluding tert-OH is 2. The van der Waals surface area contributed by atoms with Crippen LogP contribution in [0.2, 0.25) is 0 Å². The zero-order valence-electron chi connectivity index (χ0n) is 16.4. The van der Waals surface area contributed by atoms with Gasteiger partial charge in [-0.15, -0.1) is 11.3 Å². The predicted molar refractivity (Wildman–Crippen MR) is 113 cm³/mol. The summed E-state index contributed by atoms with van der Waals surface area (Å²) in [4.78, 5) is 0.930. The Balaban J connectivity index is 1.51. The smallest absolute Gasteiger partial charge is 0.229 e. The first-order valence-electron chi connectivity index (χ1n) is 9.65. The van der Waals surface area contributed by atoms with Crippen molar-refractivity contribution in [3.63, 3.8) is 0 Å².